The van der Waals surface area contributed by atoms with Crippen LogP contribution in [0.2, 0.25) is 0 Å². The highest BCUT2D eigenvalue weighted by Gasteiger charge is 2.38. The van der Waals surface area contributed by atoms with E-state index in [4.69, 9.17) is 4.42 Å². The maximum atomic E-state index is 12.4. The fourth-order valence-electron chi connectivity index (χ4n) is 3.84. The van der Waals surface area contributed by atoms with Gasteiger partial charge in [0.25, 0.3) is 0 Å². The molecule has 0 bridgehead atoms. The van der Waals surface area contributed by atoms with Gasteiger partial charge >= 0.3 is 0 Å². The van der Waals surface area contributed by atoms with E-state index in [1.54, 1.807) is 17.6 Å². The molecule has 3 heterocycles. The zero-order chi connectivity index (χ0) is 20.8. The fraction of sp³-hybridized carbons (Fsp3) is 0.348. The highest BCUT2D eigenvalue weighted by Crippen LogP contribution is 2.29. The second-order valence-corrected chi connectivity index (χ2v) is 8.70. The molecule has 1 aliphatic heterocycles. The third-order valence-electron chi connectivity index (χ3n) is 5.42. The van der Waals surface area contributed by atoms with Crippen molar-refractivity contribution in [2.75, 3.05) is 0 Å². The van der Waals surface area contributed by atoms with E-state index in [0.717, 1.165) is 29.3 Å². The van der Waals surface area contributed by atoms with Gasteiger partial charge in [-0.2, -0.15) is 0 Å². The molecule has 1 aliphatic rings. The van der Waals surface area contributed by atoms with E-state index in [1.165, 1.54) is 5.56 Å². The van der Waals surface area contributed by atoms with Crippen molar-refractivity contribution < 1.29 is 14.0 Å². The number of nitrogens with one attached hydrogen (secondary N) is 2. The molecule has 4 rings (SSSR count). The Morgan fingerprint density at radius 1 is 1.23 bits per heavy atom. The van der Waals surface area contributed by atoms with Gasteiger partial charge in [-0.3, -0.25) is 9.59 Å². The predicted molar refractivity (Wildman–Crippen MR) is 115 cm³/mol. The Morgan fingerprint density at radius 2 is 2.10 bits per heavy atom. The lowest BCUT2D eigenvalue weighted by molar-refractivity contribution is -0.123. The van der Waals surface area contributed by atoms with Crippen molar-refractivity contribution >= 4 is 23.2 Å². The first kappa shape index (κ1) is 20.3. The molecule has 0 spiro atoms. The zero-order valence-electron chi connectivity index (χ0n) is 16.7. The van der Waals surface area contributed by atoms with Crippen LogP contribution in [0, 0.1) is 0 Å². The van der Waals surface area contributed by atoms with Crippen LogP contribution in [0.25, 0.3) is 0 Å². The first-order valence-electron chi connectivity index (χ1n) is 10.2. The van der Waals surface area contributed by atoms with Crippen molar-refractivity contribution in [2.24, 2.45) is 0 Å². The van der Waals surface area contributed by atoms with Gasteiger partial charge in [-0.1, -0.05) is 30.3 Å². The molecule has 0 saturated carbocycles. The Morgan fingerprint density at radius 3 is 2.83 bits per heavy atom. The van der Waals surface area contributed by atoms with Crippen LogP contribution in [0.4, 0.5) is 0 Å². The molecule has 1 atom stereocenters. The van der Waals surface area contributed by atoms with E-state index < -0.39 is 5.54 Å². The smallest absolute Gasteiger partial charge is 0.220 e. The Labute approximate surface area is 179 Å². The minimum atomic E-state index is -0.407. The van der Waals surface area contributed by atoms with E-state index in [9.17, 15) is 9.59 Å². The molecule has 2 aromatic heterocycles. The van der Waals surface area contributed by atoms with Crippen LogP contribution in [0.5, 0.6) is 0 Å². The van der Waals surface area contributed by atoms with Gasteiger partial charge in [0.05, 0.1) is 23.5 Å². The van der Waals surface area contributed by atoms with Gasteiger partial charge in [-0.15, -0.1) is 11.3 Å². The number of aromatic nitrogens is 1. The first-order valence-corrected chi connectivity index (χ1v) is 11.1. The van der Waals surface area contributed by atoms with Crippen molar-refractivity contribution in [3.8, 4) is 0 Å². The lowest BCUT2D eigenvalue weighted by atomic mass is 9.87. The lowest BCUT2D eigenvalue weighted by Gasteiger charge is -2.28. The van der Waals surface area contributed by atoms with Gasteiger partial charge in [0.2, 0.25) is 11.8 Å². The molecule has 1 aromatic carbocycles. The second kappa shape index (κ2) is 9.26. The van der Waals surface area contributed by atoms with E-state index in [1.807, 2.05) is 35.7 Å². The van der Waals surface area contributed by atoms with Crippen molar-refractivity contribution in [3.63, 3.8) is 0 Å². The molecule has 0 aliphatic carbocycles. The maximum absolute atomic E-state index is 12.4. The quantitative estimate of drug-likeness (QED) is 0.551. The number of hydrogen-bond donors (Lipinski definition) is 2. The normalized spacial score (nSPS) is 18.3. The molecular weight excluding hydrogens is 398 g/mol. The number of carbonyl (C=O) groups is 2. The fourth-order valence-corrected chi connectivity index (χ4v) is 4.67. The number of thiazole rings is 1. The number of nitrogens with zero attached hydrogens (tertiary/aromatic N) is 1. The van der Waals surface area contributed by atoms with Crippen molar-refractivity contribution in [3.05, 3.63) is 76.1 Å². The van der Waals surface area contributed by atoms with Crippen LogP contribution in [0.3, 0.4) is 0 Å². The molecule has 156 valence electrons. The van der Waals surface area contributed by atoms with Gasteiger partial charge < -0.3 is 15.1 Å². The van der Waals surface area contributed by atoms with Gasteiger partial charge in [-0.25, -0.2) is 4.98 Å². The summed E-state index contributed by atoms with van der Waals surface area (Å²) in [6, 6.07) is 14.0. The standard InChI is InChI=1S/C23H25N3O3S/c27-20(8-10-23(11-9-21(28)26-23)14-19-7-4-12-29-19)24-15-18-16-30-22(25-18)13-17-5-2-1-3-6-17/h1-7,12,16H,8-11,13-15H2,(H,24,27)(H,26,28)/t23-/m0/s1. The summed E-state index contributed by atoms with van der Waals surface area (Å²) in [5.41, 5.74) is 1.69. The van der Waals surface area contributed by atoms with Crippen molar-refractivity contribution in [1.82, 2.24) is 15.6 Å². The molecule has 30 heavy (non-hydrogen) atoms. The van der Waals surface area contributed by atoms with Gasteiger partial charge in [-0.05, 0) is 30.5 Å². The predicted octanol–water partition coefficient (Wildman–Crippen LogP) is 3.61. The number of furan rings is 1. The number of benzene rings is 1. The molecule has 2 amide bonds. The molecule has 1 saturated heterocycles. The summed E-state index contributed by atoms with van der Waals surface area (Å²) in [5, 5.41) is 9.06. The topological polar surface area (TPSA) is 84.2 Å². The van der Waals surface area contributed by atoms with Crippen LogP contribution >= 0.6 is 11.3 Å². The monoisotopic (exact) mass is 423 g/mol. The average Bonchev–Trinajstić information content (AvgIpc) is 3.49. The molecule has 7 heteroatoms. The van der Waals surface area contributed by atoms with Gasteiger partial charge in [0, 0.05) is 36.6 Å². The van der Waals surface area contributed by atoms with E-state index in [-0.39, 0.29) is 11.8 Å². The molecule has 2 N–H and O–H groups in total. The average molecular weight is 424 g/mol. The summed E-state index contributed by atoms with van der Waals surface area (Å²) in [6.07, 6.45) is 5.18. The minimum Gasteiger partial charge on any atom is -0.469 e. The summed E-state index contributed by atoms with van der Waals surface area (Å²) in [6.45, 7) is 0.418. The van der Waals surface area contributed by atoms with Crippen LogP contribution in [-0.4, -0.2) is 22.3 Å². The second-order valence-electron chi connectivity index (χ2n) is 7.76. The number of rotatable bonds is 9. The van der Waals surface area contributed by atoms with Crippen LogP contribution in [0.15, 0.2) is 58.5 Å². The number of amides is 2. The summed E-state index contributed by atoms with van der Waals surface area (Å²) in [7, 11) is 0. The van der Waals surface area contributed by atoms with E-state index in [2.05, 4.69) is 27.8 Å². The highest BCUT2D eigenvalue weighted by atomic mass is 32.1. The molecule has 0 radical (unpaired) electrons. The Hall–Kier alpha value is -2.93. The Kier molecular flexibility index (Phi) is 6.28. The first-order chi connectivity index (χ1) is 14.6. The maximum Gasteiger partial charge on any atom is 0.220 e. The van der Waals surface area contributed by atoms with Gasteiger partial charge in [0.1, 0.15) is 5.76 Å². The number of carbonyl (C=O) groups excluding carboxylic acids is 2. The van der Waals surface area contributed by atoms with Crippen LogP contribution in [0.1, 0.15) is 47.7 Å². The highest BCUT2D eigenvalue weighted by molar-refractivity contribution is 7.09. The Balaban J connectivity index is 1.27. The lowest BCUT2D eigenvalue weighted by Crippen LogP contribution is -2.44. The van der Waals surface area contributed by atoms with Crippen molar-refractivity contribution in [2.45, 2.75) is 50.6 Å². The zero-order valence-corrected chi connectivity index (χ0v) is 17.5. The minimum absolute atomic E-state index is 0.0346. The summed E-state index contributed by atoms with van der Waals surface area (Å²) in [5.74, 6) is 0.828. The largest absolute Gasteiger partial charge is 0.469 e. The van der Waals surface area contributed by atoms with E-state index >= 15 is 0 Å². The molecular formula is C23H25N3O3S. The molecule has 3 aromatic rings. The van der Waals surface area contributed by atoms with Crippen LogP contribution < -0.4 is 10.6 Å². The third-order valence-corrected chi connectivity index (χ3v) is 6.32. The summed E-state index contributed by atoms with van der Waals surface area (Å²) >= 11 is 1.61. The molecule has 0 unspecified atom stereocenters. The number of hydrogen-bond acceptors (Lipinski definition) is 5. The summed E-state index contributed by atoms with van der Waals surface area (Å²) < 4.78 is 5.45. The van der Waals surface area contributed by atoms with Gasteiger partial charge in [0.15, 0.2) is 0 Å². The SMILES string of the molecule is O=C(CC[C@@]1(Cc2ccco2)CCC(=O)N1)NCc1csc(Cc2ccccc2)n1. The molecule has 6 nitrogen and oxygen atoms in total. The third kappa shape index (κ3) is 5.36. The van der Waals surface area contributed by atoms with E-state index in [0.29, 0.717) is 32.2 Å². The Bertz CT molecular complexity index is 984. The van der Waals surface area contributed by atoms with Crippen molar-refractivity contribution in [1.29, 1.82) is 0 Å². The molecule has 1 fully saturated rings. The van der Waals surface area contributed by atoms with Crippen LogP contribution in [-0.2, 0) is 29.0 Å². The summed E-state index contributed by atoms with van der Waals surface area (Å²) in [4.78, 5) is 28.9.